The monoisotopic (exact) mass is 387 g/mol. The molecule has 2 aromatic rings. The van der Waals surface area contributed by atoms with E-state index in [1.807, 2.05) is 30.3 Å². The van der Waals surface area contributed by atoms with E-state index in [9.17, 15) is 9.59 Å². The number of nitrogens with one attached hydrogen (secondary N) is 1. The lowest BCUT2D eigenvalue weighted by atomic mass is 9.96. The first-order valence-corrected chi connectivity index (χ1v) is 8.81. The Hall–Kier alpha value is -2.50. The maximum Gasteiger partial charge on any atom is 0.322 e. The van der Waals surface area contributed by atoms with Gasteiger partial charge in [0.2, 0.25) is 0 Å². The summed E-state index contributed by atoms with van der Waals surface area (Å²) in [6.45, 7) is 0.290. The van der Waals surface area contributed by atoms with E-state index in [1.54, 1.807) is 30.1 Å². The summed E-state index contributed by atoms with van der Waals surface area (Å²) < 4.78 is 0. The maximum atomic E-state index is 13.2. The molecule has 5 nitrogen and oxygen atoms in total. The van der Waals surface area contributed by atoms with E-state index >= 15 is 0 Å². The van der Waals surface area contributed by atoms with Gasteiger partial charge in [-0.15, -0.1) is 0 Å². The molecular formula is C19H15Cl2N3O2. The van der Waals surface area contributed by atoms with Crippen molar-refractivity contribution < 1.29 is 9.59 Å². The third-order valence-corrected chi connectivity index (χ3v) is 5.09. The molecule has 2 aliphatic rings. The first-order valence-electron chi connectivity index (χ1n) is 8.06. The van der Waals surface area contributed by atoms with Gasteiger partial charge < -0.3 is 10.2 Å². The van der Waals surface area contributed by atoms with Crippen molar-refractivity contribution in [1.82, 2.24) is 10.2 Å². The summed E-state index contributed by atoms with van der Waals surface area (Å²) in [5.74, 6) is -0.168. The first kappa shape index (κ1) is 16.9. The Bertz CT molecular complexity index is 923. The number of hydrogen-bond donors (Lipinski definition) is 1. The van der Waals surface area contributed by atoms with Crippen molar-refractivity contribution in [2.75, 3.05) is 18.5 Å². The molecular weight excluding hydrogens is 373 g/mol. The fraction of sp³-hybridized carbons (Fsp3) is 0.158. The van der Waals surface area contributed by atoms with Crippen LogP contribution < -0.4 is 10.2 Å². The van der Waals surface area contributed by atoms with Gasteiger partial charge in [-0.2, -0.15) is 0 Å². The molecule has 0 bridgehead atoms. The van der Waals surface area contributed by atoms with Gasteiger partial charge >= 0.3 is 6.03 Å². The quantitative estimate of drug-likeness (QED) is 0.846. The van der Waals surface area contributed by atoms with Gasteiger partial charge in [0.15, 0.2) is 0 Å². The highest BCUT2D eigenvalue weighted by molar-refractivity contribution is 6.35. The van der Waals surface area contributed by atoms with Crippen LogP contribution in [-0.4, -0.2) is 30.4 Å². The SMILES string of the molecule is CN1C(=O)NC(c2ccccc2)C2=C1CN(c1cc(Cl)cc(Cl)c1)C2=O. The molecule has 1 N–H and O–H groups in total. The molecule has 2 heterocycles. The highest BCUT2D eigenvalue weighted by Crippen LogP contribution is 2.38. The minimum absolute atomic E-state index is 0.168. The Morgan fingerprint density at radius 2 is 1.69 bits per heavy atom. The maximum absolute atomic E-state index is 13.2. The molecule has 0 saturated heterocycles. The second-order valence-electron chi connectivity index (χ2n) is 6.23. The number of nitrogens with zero attached hydrogens (tertiary/aromatic N) is 2. The van der Waals surface area contributed by atoms with Crippen LogP contribution >= 0.6 is 23.2 Å². The van der Waals surface area contributed by atoms with Gasteiger partial charge in [-0.1, -0.05) is 53.5 Å². The van der Waals surface area contributed by atoms with Crippen molar-refractivity contribution in [3.8, 4) is 0 Å². The molecule has 0 saturated carbocycles. The van der Waals surface area contributed by atoms with Crippen molar-refractivity contribution in [3.05, 3.63) is 75.4 Å². The normalized spacial score (nSPS) is 19.7. The summed E-state index contributed by atoms with van der Waals surface area (Å²) >= 11 is 12.2. The van der Waals surface area contributed by atoms with Crippen LogP contribution in [0.15, 0.2) is 59.8 Å². The number of anilines is 1. The average molecular weight is 388 g/mol. The molecule has 1 atom stereocenters. The third-order valence-electron chi connectivity index (χ3n) is 4.65. The summed E-state index contributed by atoms with van der Waals surface area (Å²) in [7, 11) is 1.66. The number of rotatable bonds is 2. The Labute approximate surface area is 160 Å². The molecule has 2 aliphatic heterocycles. The molecule has 0 aromatic heterocycles. The van der Waals surface area contributed by atoms with Crippen molar-refractivity contribution in [1.29, 1.82) is 0 Å². The number of carbonyl (C=O) groups is 2. The Morgan fingerprint density at radius 1 is 1.04 bits per heavy atom. The summed E-state index contributed by atoms with van der Waals surface area (Å²) in [5, 5.41) is 3.81. The molecule has 0 fully saturated rings. The van der Waals surface area contributed by atoms with Crippen LogP contribution in [0.2, 0.25) is 10.0 Å². The Morgan fingerprint density at radius 3 is 2.35 bits per heavy atom. The topological polar surface area (TPSA) is 52.7 Å². The fourth-order valence-corrected chi connectivity index (χ4v) is 3.88. The van der Waals surface area contributed by atoms with Crippen LogP contribution in [-0.2, 0) is 4.79 Å². The van der Waals surface area contributed by atoms with Gasteiger partial charge in [0.05, 0.1) is 23.9 Å². The molecule has 0 spiro atoms. The van der Waals surface area contributed by atoms with Crippen LogP contribution in [0.25, 0.3) is 0 Å². The van der Waals surface area contributed by atoms with Gasteiger partial charge in [0.1, 0.15) is 0 Å². The lowest BCUT2D eigenvalue weighted by molar-refractivity contribution is -0.114. The third kappa shape index (κ3) is 2.73. The van der Waals surface area contributed by atoms with Gasteiger partial charge in [0.25, 0.3) is 5.91 Å². The lowest BCUT2D eigenvalue weighted by Gasteiger charge is -2.31. The minimum atomic E-state index is -0.484. The van der Waals surface area contributed by atoms with Gasteiger partial charge in [-0.25, -0.2) is 4.79 Å². The van der Waals surface area contributed by atoms with E-state index in [2.05, 4.69) is 5.32 Å². The predicted octanol–water partition coefficient (Wildman–Crippen LogP) is 3.99. The summed E-state index contributed by atoms with van der Waals surface area (Å²) in [4.78, 5) is 28.7. The molecule has 3 amide bonds. The van der Waals surface area contributed by atoms with Gasteiger partial charge in [0, 0.05) is 22.8 Å². The molecule has 4 rings (SSSR count). The fourth-order valence-electron chi connectivity index (χ4n) is 3.37. The standard InChI is InChI=1S/C19H15Cl2N3O2/c1-23-15-10-24(14-8-12(20)7-13(21)9-14)18(25)16(15)17(22-19(23)26)11-5-3-2-4-6-11/h2-9,17H,10H2,1H3,(H,22,26). The zero-order valence-electron chi connectivity index (χ0n) is 13.9. The van der Waals surface area contributed by atoms with Crippen molar-refractivity contribution in [3.63, 3.8) is 0 Å². The highest BCUT2D eigenvalue weighted by atomic mass is 35.5. The van der Waals surface area contributed by atoms with Crippen molar-refractivity contribution in [2.45, 2.75) is 6.04 Å². The zero-order valence-corrected chi connectivity index (χ0v) is 15.4. The number of benzene rings is 2. The zero-order chi connectivity index (χ0) is 18.4. The number of hydrogen-bond acceptors (Lipinski definition) is 2. The predicted molar refractivity (Wildman–Crippen MR) is 101 cm³/mol. The van der Waals surface area contributed by atoms with Crippen LogP contribution in [0.1, 0.15) is 11.6 Å². The molecule has 0 radical (unpaired) electrons. The van der Waals surface area contributed by atoms with E-state index < -0.39 is 6.04 Å². The molecule has 2 aromatic carbocycles. The average Bonchev–Trinajstić information content (AvgIpc) is 2.96. The summed E-state index contributed by atoms with van der Waals surface area (Å²) in [6, 6.07) is 13.7. The molecule has 0 aliphatic carbocycles. The van der Waals surface area contributed by atoms with E-state index in [0.717, 1.165) is 5.56 Å². The van der Waals surface area contributed by atoms with Crippen LogP contribution in [0.4, 0.5) is 10.5 Å². The van der Waals surface area contributed by atoms with Gasteiger partial charge in [-0.3, -0.25) is 9.69 Å². The van der Waals surface area contributed by atoms with Crippen molar-refractivity contribution in [2.24, 2.45) is 0 Å². The second-order valence-corrected chi connectivity index (χ2v) is 7.10. The van der Waals surface area contributed by atoms with Crippen LogP contribution in [0.3, 0.4) is 0 Å². The van der Waals surface area contributed by atoms with E-state index in [1.165, 1.54) is 4.90 Å². The summed E-state index contributed by atoms with van der Waals surface area (Å²) in [5.41, 5.74) is 2.72. The number of halogens is 2. The van der Waals surface area contributed by atoms with Crippen molar-refractivity contribution >= 4 is 40.8 Å². The van der Waals surface area contributed by atoms with Gasteiger partial charge in [-0.05, 0) is 23.8 Å². The molecule has 132 valence electrons. The number of likely N-dealkylation sites (N-methyl/N-ethyl adjacent to an activating group) is 1. The number of carbonyl (C=O) groups excluding carboxylic acids is 2. The second kappa shape index (κ2) is 6.34. The molecule has 7 heteroatoms. The van der Waals surface area contributed by atoms with E-state index in [0.29, 0.717) is 27.0 Å². The Kier molecular flexibility index (Phi) is 4.13. The van der Waals surface area contributed by atoms with Crippen LogP contribution in [0, 0.1) is 0 Å². The minimum Gasteiger partial charge on any atom is -0.327 e. The lowest BCUT2D eigenvalue weighted by Crippen LogP contribution is -2.45. The first-order chi connectivity index (χ1) is 12.5. The highest BCUT2D eigenvalue weighted by Gasteiger charge is 2.43. The summed E-state index contributed by atoms with van der Waals surface area (Å²) in [6.07, 6.45) is 0. The Balaban J connectivity index is 1.78. The van der Waals surface area contributed by atoms with E-state index in [4.69, 9.17) is 23.2 Å². The molecule has 1 unspecified atom stereocenters. The largest absolute Gasteiger partial charge is 0.327 e. The smallest absolute Gasteiger partial charge is 0.322 e. The number of amides is 3. The van der Waals surface area contributed by atoms with Crippen LogP contribution in [0.5, 0.6) is 0 Å². The molecule has 26 heavy (non-hydrogen) atoms. The van der Waals surface area contributed by atoms with E-state index in [-0.39, 0.29) is 18.5 Å². The number of urea groups is 1.